The summed E-state index contributed by atoms with van der Waals surface area (Å²) in [6.07, 6.45) is 2.00. The number of aryl methyl sites for hydroxylation is 1. The minimum atomic E-state index is -0.337. The van der Waals surface area contributed by atoms with Gasteiger partial charge in [-0.1, -0.05) is 24.6 Å². The lowest BCUT2D eigenvalue weighted by molar-refractivity contribution is -0.121. The molecule has 0 saturated heterocycles. The highest BCUT2D eigenvalue weighted by Crippen LogP contribution is 2.25. The third-order valence-corrected chi connectivity index (χ3v) is 3.42. The molecular weight excluding hydrogens is 278 g/mol. The average molecular weight is 300 g/mol. The van der Waals surface area contributed by atoms with E-state index >= 15 is 0 Å². The van der Waals surface area contributed by atoms with Gasteiger partial charge < -0.3 is 15.2 Å². The van der Waals surface area contributed by atoms with Crippen molar-refractivity contribution in [3.63, 3.8) is 0 Å². The van der Waals surface area contributed by atoms with Gasteiger partial charge in [0.15, 0.2) is 0 Å². The van der Waals surface area contributed by atoms with Crippen molar-refractivity contribution >= 4 is 17.5 Å². The van der Waals surface area contributed by atoms with Gasteiger partial charge in [0.05, 0.1) is 18.2 Å². The topological polar surface area (TPSA) is 58.6 Å². The van der Waals surface area contributed by atoms with Crippen molar-refractivity contribution in [1.29, 1.82) is 0 Å². The summed E-state index contributed by atoms with van der Waals surface area (Å²) in [5.74, 6) is 0.619. The molecule has 112 valence electrons. The van der Waals surface area contributed by atoms with Gasteiger partial charge in [0.25, 0.3) is 0 Å². The Morgan fingerprint density at radius 1 is 1.50 bits per heavy atom. The summed E-state index contributed by atoms with van der Waals surface area (Å²) >= 11 is 6.03. The summed E-state index contributed by atoms with van der Waals surface area (Å²) in [6, 6.07) is 5.51. The second-order valence-electron chi connectivity index (χ2n) is 4.67. The smallest absolute Gasteiger partial charge is 0.220 e. The summed E-state index contributed by atoms with van der Waals surface area (Å²) in [4.78, 5) is 11.6. The predicted molar refractivity (Wildman–Crippen MR) is 80.2 cm³/mol. The van der Waals surface area contributed by atoms with Crippen molar-refractivity contribution in [3.8, 4) is 5.75 Å². The molecule has 1 aromatic carbocycles. The van der Waals surface area contributed by atoms with Gasteiger partial charge in [-0.2, -0.15) is 0 Å². The number of ether oxygens (including phenoxy) is 1. The fraction of sp³-hybridized carbons (Fsp3) is 0.533. The van der Waals surface area contributed by atoms with E-state index in [0.717, 1.165) is 5.56 Å². The summed E-state index contributed by atoms with van der Waals surface area (Å²) in [6.45, 7) is 2.43. The molecule has 0 saturated carbocycles. The molecule has 1 unspecified atom stereocenters. The number of methoxy groups -OCH3 is 1. The molecule has 0 spiro atoms. The molecule has 5 heteroatoms. The zero-order valence-electron chi connectivity index (χ0n) is 12.0. The molecule has 20 heavy (non-hydrogen) atoms. The number of hydrogen-bond acceptors (Lipinski definition) is 3. The zero-order valence-corrected chi connectivity index (χ0v) is 12.7. The van der Waals surface area contributed by atoms with Crippen molar-refractivity contribution in [2.75, 3.05) is 13.7 Å². The molecule has 1 atom stereocenters. The largest absolute Gasteiger partial charge is 0.495 e. The van der Waals surface area contributed by atoms with Gasteiger partial charge in [-0.25, -0.2) is 0 Å². The van der Waals surface area contributed by atoms with Crippen LogP contribution in [-0.2, 0) is 11.2 Å². The van der Waals surface area contributed by atoms with Gasteiger partial charge in [0, 0.05) is 13.0 Å². The van der Waals surface area contributed by atoms with E-state index in [2.05, 4.69) is 5.32 Å². The van der Waals surface area contributed by atoms with Gasteiger partial charge in [0.2, 0.25) is 5.91 Å². The first-order chi connectivity index (χ1) is 9.56. The summed E-state index contributed by atoms with van der Waals surface area (Å²) < 4.78 is 5.08. The van der Waals surface area contributed by atoms with Gasteiger partial charge in [-0.3, -0.25) is 4.79 Å². The lowest BCUT2D eigenvalue weighted by atomic mass is 10.1. The lowest BCUT2D eigenvalue weighted by Crippen LogP contribution is -2.27. The van der Waals surface area contributed by atoms with Crippen molar-refractivity contribution in [1.82, 2.24) is 5.32 Å². The van der Waals surface area contributed by atoms with Gasteiger partial charge >= 0.3 is 0 Å². The van der Waals surface area contributed by atoms with E-state index in [1.165, 1.54) is 0 Å². The molecule has 0 fully saturated rings. The van der Waals surface area contributed by atoms with E-state index in [1.807, 2.05) is 19.1 Å². The van der Waals surface area contributed by atoms with Crippen LogP contribution in [0.5, 0.6) is 5.75 Å². The molecule has 0 heterocycles. The Hall–Kier alpha value is -1.26. The van der Waals surface area contributed by atoms with E-state index in [9.17, 15) is 9.90 Å². The number of carbonyl (C=O) groups excluding carboxylic acids is 1. The maximum Gasteiger partial charge on any atom is 0.220 e. The van der Waals surface area contributed by atoms with Crippen LogP contribution in [0.15, 0.2) is 18.2 Å². The van der Waals surface area contributed by atoms with Gasteiger partial charge in [-0.15, -0.1) is 0 Å². The maximum atomic E-state index is 11.6. The standard InChI is InChI=1S/C15H22ClNO3/c1-3-12(18)8-9-17-15(19)7-5-11-4-6-14(20-2)13(16)10-11/h4,6,10,12,18H,3,5,7-9H2,1-2H3,(H,17,19). The van der Waals surface area contributed by atoms with Crippen LogP contribution in [0, 0.1) is 0 Å². The molecule has 0 bridgehead atoms. The number of hydrogen-bond donors (Lipinski definition) is 2. The summed E-state index contributed by atoms with van der Waals surface area (Å²) in [5.41, 5.74) is 1.000. The monoisotopic (exact) mass is 299 g/mol. The van der Waals surface area contributed by atoms with Crippen molar-refractivity contribution < 1.29 is 14.6 Å². The van der Waals surface area contributed by atoms with Crippen molar-refractivity contribution in [2.45, 2.75) is 38.7 Å². The van der Waals surface area contributed by atoms with Crippen LogP contribution in [0.4, 0.5) is 0 Å². The van der Waals surface area contributed by atoms with Gasteiger partial charge in [0.1, 0.15) is 5.75 Å². The Morgan fingerprint density at radius 2 is 2.25 bits per heavy atom. The van der Waals surface area contributed by atoms with Gasteiger partial charge in [-0.05, 0) is 37.0 Å². The van der Waals surface area contributed by atoms with E-state index in [-0.39, 0.29) is 12.0 Å². The molecule has 0 aliphatic heterocycles. The minimum absolute atomic E-state index is 0.0137. The number of amides is 1. The highest BCUT2D eigenvalue weighted by molar-refractivity contribution is 6.32. The molecule has 0 radical (unpaired) electrons. The Kier molecular flexibility index (Phi) is 7.41. The third-order valence-electron chi connectivity index (χ3n) is 3.13. The molecule has 0 aliphatic rings. The number of halogens is 1. The second kappa shape index (κ2) is 8.82. The van der Waals surface area contributed by atoms with Crippen LogP contribution in [0.25, 0.3) is 0 Å². The Morgan fingerprint density at radius 3 is 2.85 bits per heavy atom. The SMILES string of the molecule is CCC(O)CCNC(=O)CCc1ccc(OC)c(Cl)c1. The van der Waals surface area contributed by atoms with Crippen LogP contribution in [0.3, 0.4) is 0 Å². The number of aliphatic hydroxyl groups excluding tert-OH is 1. The molecule has 0 aliphatic carbocycles. The molecule has 1 aromatic rings. The molecule has 0 aromatic heterocycles. The highest BCUT2D eigenvalue weighted by atomic mass is 35.5. The van der Waals surface area contributed by atoms with E-state index in [4.69, 9.17) is 16.3 Å². The first-order valence-electron chi connectivity index (χ1n) is 6.84. The summed E-state index contributed by atoms with van der Waals surface area (Å²) in [5, 5.41) is 12.7. The predicted octanol–water partition coefficient (Wildman–Crippen LogP) is 2.56. The highest BCUT2D eigenvalue weighted by Gasteiger charge is 2.06. The Balaban J connectivity index is 2.32. The second-order valence-corrected chi connectivity index (χ2v) is 5.08. The lowest BCUT2D eigenvalue weighted by Gasteiger charge is -2.09. The van der Waals surface area contributed by atoms with Crippen LogP contribution >= 0.6 is 11.6 Å². The Labute approximate surface area is 125 Å². The zero-order chi connectivity index (χ0) is 15.0. The van der Waals surface area contributed by atoms with Crippen LogP contribution in [0.2, 0.25) is 5.02 Å². The molecule has 1 rings (SSSR count). The molecule has 2 N–H and O–H groups in total. The van der Waals surface area contributed by atoms with E-state index in [0.29, 0.717) is 43.0 Å². The Bertz CT molecular complexity index is 437. The number of aliphatic hydroxyl groups is 1. The van der Waals surface area contributed by atoms with Crippen LogP contribution < -0.4 is 10.1 Å². The number of rotatable bonds is 8. The fourth-order valence-electron chi connectivity index (χ4n) is 1.79. The third kappa shape index (κ3) is 5.80. The first kappa shape index (κ1) is 16.8. The number of carbonyl (C=O) groups is 1. The maximum absolute atomic E-state index is 11.6. The molecule has 4 nitrogen and oxygen atoms in total. The quantitative estimate of drug-likeness (QED) is 0.775. The normalized spacial score (nSPS) is 12.0. The van der Waals surface area contributed by atoms with E-state index in [1.54, 1.807) is 13.2 Å². The minimum Gasteiger partial charge on any atom is -0.495 e. The molecule has 1 amide bonds. The average Bonchev–Trinajstić information content (AvgIpc) is 2.45. The fourth-order valence-corrected chi connectivity index (χ4v) is 2.07. The van der Waals surface area contributed by atoms with E-state index < -0.39 is 0 Å². The number of benzene rings is 1. The van der Waals surface area contributed by atoms with Crippen LogP contribution in [0.1, 0.15) is 31.7 Å². The first-order valence-corrected chi connectivity index (χ1v) is 7.21. The van der Waals surface area contributed by atoms with Crippen molar-refractivity contribution in [3.05, 3.63) is 28.8 Å². The van der Waals surface area contributed by atoms with Crippen LogP contribution in [-0.4, -0.2) is 30.8 Å². The van der Waals surface area contributed by atoms with Crippen molar-refractivity contribution in [2.24, 2.45) is 0 Å². The molecular formula is C15H22ClNO3. The summed E-state index contributed by atoms with van der Waals surface area (Å²) in [7, 11) is 1.57. The number of nitrogens with one attached hydrogen (secondary N) is 1.